The average Bonchev–Trinajstić information content (AvgIpc) is 2.67. The molecule has 1 saturated heterocycles. The van der Waals surface area contributed by atoms with Gasteiger partial charge in [0.15, 0.2) is 6.61 Å². The number of ether oxygens (including phenoxy) is 1. The molecule has 6 nitrogen and oxygen atoms in total. The summed E-state index contributed by atoms with van der Waals surface area (Å²) in [5.41, 5.74) is 2.31. The molecule has 4 rings (SSSR count). The molecular formula is C20H21N3O3. The highest BCUT2D eigenvalue weighted by Crippen LogP contribution is 2.31. The summed E-state index contributed by atoms with van der Waals surface area (Å²) in [7, 11) is 2.08. The molecule has 26 heavy (non-hydrogen) atoms. The standard InChI is InChI=1S/C20H21N3O3/c1-22-9-10-23(17(12-22)14-5-3-2-4-6-14)20(25)15-7-8-16-18(11-15)26-13-19(24)21-16/h2-8,11,17H,9-10,12-13H2,1H3,(H,21,24). The van der Waals surface area contributed by atoms with Gasteiger partial charge in [-0.25, -0.2) is 0 Å². The Hall–Kier alpha value is -2.86. The van der Waals surface area contributed by atoms with Crippen molar-refractivity contribution in [1.29, 1.82) is 0 Å². The van der Waals surface area contributed by atoms with Gasteiger partial charge in [0, 0.05) is 25.2 Å². The molecule has 2 aromatic rings. The Balaban J connectivity index is 1.62. The minimum Gasteiger partial charge on any atom is -0.482 e. The van der Waals surface area contributed by atoms with Crippen LogP contribution in [-0.4, -0.2) is 54.9 Å². The third-order valence-corrected chi connectivity index (χ3v) is 4.89. The second-order valence-corrected chi connectivity index (χ2v) is 6.74. The third-order valence-electron chi connectivity index (χ3n) is 4.89. The maximum Gasteiger partial charge on any atom is 0.262 e. The van der Waals surface area contributed by atoms with Crippen molar-refractivity contribution in [1.82, 2.24) is 9.80 Å². The van der Waals surface area contributed by atoms with Crippen molar-refractivity contribution in [3.05, 3.63) is 59.7 Å². The Labute approximate surface area is 152 Å². The molecule has 1 N–H and O–H groups in total. The van der Waals surface area contributed by atoms with Crippen LogP contribution >= 0.6 is 0 Å². The Morgan fingerprint density at radius 2 is 1.96 bits per heavy atom. The molecule has 1 atom stereocenters. The van der Waals surface area contributed by atoms with Crippen molar-refractivity contribution in [2.24, 2.45) is 0 Å². The van der Waals surface area contributed by atoms with E-state index in [0.29, 0.717) is 23.5 Å². The minimum absolute atomic E-state index is 0.0131. The van der Waals surface area contributed by atoms with Gasteiger partial charge in [0.05, 0.1) is 11.7 Å². The molecular weight excluding hydrogens is 330 g/mol. The Morgan fingerprint density at radius 3 is 2.77 bits per heavy atom. The molecule has 2 aliphatic heterocycles. The summed E-state index contributed by atoms with van der Waals surface area (Å²) in [5, 5.41) is 2.75. The van der Waals surface area contributed by atoms with Gasteiger partial charge >= 0.3 is 0 Å². The van der Waals surface area contributed by atoms with Gasteiger partial charge in [0.25, 0.3) is 11.8 Å². The predicted molar refractivity (Wildman–Crippen MR) is 98.3 cm³/mol. The van der Waals surface area contributed by atoms with Crippen LogP contribution in [0.2, 0.25) is 0 Å². The lowest BCUT2D eigenvalue weighted by Crippen LogP contribution is -2.49. The summed E-state index contributed by atoms with van der Waals surface area (Å²) in [5.74, 6) is 0.343. The van der Waals surface area contributed by atoms with Gasteiger partial charge in [-0.3, -0.25) is 9.59 Å². The highest BCUT2D eigenvalue weighted by molar-refractivity contribution is 5.99. The van der Waals surface area contributed by atoms with E-state index < -0.39 is 0 Å². The van der Waals surface area contributed by atoms with Crippen LogP contribution in [0.4, 0.5) is 5.69 Å². The van der Waals surface area contributed by atoms with Crippen molar-refractivity contribution >= 4 is 17.5 Å². The molecule has 0 aromatic heterocycles. The Morgan fingerprint density at radius 1 is 1.15 bits per heavy atom. The zero-order valence-corrected chi connectivity index (χ0v) is 14.6. The van der Waals surface area contributed by atoms with E-state index in [1.54, 1.807) is 18.2 Å². The van der Waals surface area contributed by atoms with Crippen LogP contribution < -0.4 is 10.1 Å². The van der Waals surface area contributed by atoms with E-state index >= 15 is 0 Å². The fourth-order valence-corrected chi connectivity index (χ4v) is 3.50. The van der Waals surface area contributed by atoms with Crippen molar-refractivity contribution in [3.8, 4) is 5.75 Å². The molecule has 0 spiro atoms. The number of hydrogen-bond acceptors (Lipinski definition) is 4. The molecule has 0 saturated carbocycles. The number of piperazine rings is 1. The van der Waals surface area contributed by atoms with Crippen molar-refractivity contribution in [2.75, 3.05) is 38.6 Å². The zero-order chi connectivity index (χ0) is 18.1. The van der Waals surface area contributed by atoms with Crippen LogP contribution in [0.5, 0.6) is 5.75 Å². The van der Waals surface area contributed by atoms with E-state index in [1.807, 2.05) is 23.1 Å². The summed E-state index contributed by atoms with van der Waals surface area (Å²) in [4.78, 5) is 28.8. The lowest BCUT2D eigenvalue weighted by molar-refractivity contribution is -0.118. The first-order valence-corrected chi connectivity index (χ1v) is 8.73. The SMILES string of the molecule is CN1CCN(C(=O)c2ccc3c(c2)OCC(=O)N3)C(c2ccccc2)C1. The first-order chi connectivity index (χ1) is 12.6. The molecule has 0 bridgehead atoms. The minimum atomic E-state index is -0.181. The van der Waals surface area contributed by atoms with Gasteiger partial charge in [-0.1, -0.05) is 30.3 Å². The second kappa shape index (κ2) is 6.80. The first-order valence-electron chi connectivity index (χ1n) is 8.73. The van der Waals surface area contributed by atoms with E-state index in [-0.39, 0.29) is 24.5 Å². The Bertz CT molecular complexity index is 837. The van der Waals surface area contributed by atoms with Crippen LogP contribution in [0.25, 0.3) is 0 Å². The van der Waals surface area contributed by atoms with Crippen molar-refractivity contribution < 1.29 is 14.3 Å². The van der Waals surface area contributed by atoms with Crippen LogP contribution in [0, 0.1) is 0 Å². The molecule has 1 fully saturated rings. The lowest BCUT2D eigenvalue weighted by atomic mass is 10.0. The summed E-state index contributed by atoms with van der Waals surface area (Å²) < 4.78 is 5.45. The van der Waals surface area contributed by atoms with E-state index in [9.17, 15) is 9.59 Å². The van der Waals surface area contributed by atoms with Gasteiger partial charge in [-0.05, 0) is 30.8 Å². The Kier molecular flexibility index (Phi) is 4.34. The first kappa shape index (κ1) is 16.6. The van der Waals surface area contributed by atoms with Crippen LogP contribution in [0.3, 0.4) is 0 Å². The number of carbonyl (C=O) groups is 2. The monoisotopic (exact) mass is 351 g/mol. The van der Waals surface area contributed by atoms with E-state index in [2.05, 4.69) is 29.4 Å². The molecule has 2 aromatic carbocycles. The summed E-state index contributed by atoms with van der Waals surface area (Å²) in [6.07, 6.45) is 0. The highest BCUT2D eigenvalue weighted by atomic mass is 16.5. The fraction of sp³-hybridized carbons (Fsp3) is 0.300. The number of likely N-dealkylation sites (N-methyl/N-ethyl adjacent to an activating group) is 1. The number of benzene rings is 2. The number of amides is 2. The smallest absolute Gasteiger partial charge is 0.262 e. The van der Waals surface area contributed by atoms with Gasteiger partial charge < -0.3 is 19.9 Å². The van der Waals surface area contributed by atoms with Gasteiger partial charge in [0.2, 0.25) is 0 Å². The third kappa shape index (κ3) is 3.15. The summed E-state index contributed by atoms with van der Waals surface area (Å²) in [6, 6.07) is 15.3. The van der Waals surface area contributed by atoms with E-state index in [1.165, 1.54) is 0 Å². The summed E-state index contributed by atoms with van der Waals surface area (Å²) >= 11 is 0. The maximum absolute atomic E-state index is 13.2. The number of anilines is 1. The lowest BCUT2D eigenvalue weighted by Gasteiger charge is -2.40. The normalized spacial score (nSPS) is 20.1. The van der Waals surface area contributed by atoms with E-state index in [4.69, 9.17) is 4.74 Å². The van der Waals surface area contributed by atoms with E-state index in [0.717, 1.165) is 18.7 Å². The van der Waals surface area contributed by atoms with Gasteiger partial charge in [-0.15, -0.1) is 0 Å². The van der Waals surface area contributed by atoms with Crippen molar-refractivity contribution in [3.63, 3.8) is 0 Å². The average molecular weight is 351 g/mol. The summed E-state index contributed by atoms with van der Waals surface area (Å²) in [6.45, 7) is 2.29. The number of carbonyl (C=O) groups excluding carboxylic acids is 2. The number of rotatable bonds is 2. The number of fused-ring (bicyclic) bond motifs is 1. The fourth-order valence-electron chi connectivity index (χ4n) is 3.50. The number of hydrogen-bond donors (Lipinski definition) is 1. The van der Waals surface area contributed by atoms with Crippen LogP contribution in [-0.2, 0) is 4.79 Å². The highest BCUT2D eigenvalue weighted by Gasteiger charge is 2.31. The molecule has 6 heteroatoms. The zero-order valence-electron chi connectivity index (χ0n) is 14.6. The van der Waals surface area contributed by atoms with Crippen LogP contribution in [0.15, 0.2) is 48.5 Å². The van der Waals surface area contributed by atoms with Gasteiger partial charge in [-0.2, -0.15) is 0 Å². The topological polar surface area (TPSA) is 61.9 Å². The molecule has 2 heterocycles. The largest absolute Gasteiger partial charge is 0.482 e. The maximum atomic E-state index is 13.2. The van der Waals surface area contributed by atoms with Crippen LogP contribution in [0.1, 0.15) is 22.0 Å². The molecule has 0 radical (unpaired) electrons. The molecule has 134 valence electrons. The quantitative estimate of drug-likeness (QED) is 0.901. The molecule has 0 aliphatic carbocycles. The predicted octanol–water partition coefficient (Wildman–Crippen LogP) is 2.15. The number of nitrogens with one attached hydrogen (secondary N) is 1. The van der Waals surface area contributed by atoms with Crippen molar-refractivity contribution in [2.45, 2.75) is 6.04 Å². The number of nitrogens with zero attached hydrogens (tertiary/aromatic N) is 2. The van der Waals surface area contributed by atoms with Gasteiger partial charge in [0.1, 0.15) is 5.75 Å². The molecule has 2 amide bonds. The molecule has 2 aliphatic rings. The molecule has 1 unspecified atom stereocenters. The second-order valence-electron chi connectivity index (χ2n) is 6.74.